The topological polar surface area (TPSA) is 55.2 Å². The largest absolute Gasteiger partial charge is 0.341 e. The quantitative estimate of drug-likeness (QED) is 0.706. The van der Waals surface area contributed by atoms with Crippen LogP contribution in [0, 0.1) is 13.8 Å². The van der Waals surface area contributed by atoms with E-state index in [1.807, 2.05) is 31.4 Å². The molecule has 0 saturated heterocycles. The first kappa shape index (κ1) is 17.4. The second-order valence-corrected chi connectivity index (χ2v) is 7.24. The summed E-state index contributed by atoms with van der Waals surface area (Å²) in [6.07, 6.45) is 1.81. The maximum atomic E-state index is 12.6. The number of rotatable bonds is 5. The molecule has 5 nitrogen and oxygen atoms in total. The molecule has 1 amide bonds. The van der Waals surface area contributed by atoms with E-state index in [2.05, 4.69) is 11.1 Å². The summed E-state index contributed by atoms with van der Waals surface area (Å²) in [5, 5.41) is 2.63. The van der Waals surface area contributed by atoms with Gasteiger partial charge in [0.15, 0.2) is 0 Å². The van der Waals surface area contributed by atoms with Crippen LogP contribution in [0.5, 0.6) is 0 Å². The predicted octanol–water partition coefficient (Wildman–Crippen LogP) is 3.12. The van der Waals surface area contributed by atoms with Crippen molar-refractivity contribution in [3.63, 3.8) is 0 Å². The number of aryl methyl sites for hydroxylation is 3. The van der Waals surface area contributed by atoms with Crippen molar-refractivity contribution in [3.8, 4) is 0 Å². The number of hydrogen-bond donors (Lipinski definition) is 0. The van der Waals surface area contributed by atoms with Crippen LogP contribution in [0.15, 0.2) is 40.8 Å². The lowest BCUT2D eigenvalue weighted by molar-refractivity contribution is -0.130. The van der Waals surface area contributed by atoms with Crippen LogP contribution >= 0.6 is 11.3 Å². The molecule has 0 N–H and O–H groups in total. The second-order valence-electron chi connectivity index (χ2n) is 6.24. The van der Waals surface area contributed by atoms with Gasteiger partial charge < -0.3 is 4.90 Å². The summed E-state index contributed by atoms with van der Waals surface area (Å²) in [5.41, 5.74) is 2.80. The molecule has 0 saturated carbocycles. The molecule has 1 aromatic carbocycles. The number of hydrogen-bond acceptors (Lipinski definition) is 4. The van der Waals surface area contributed by atoms with Crippen molar-refractivity contribution < 1.29 is 4.79 Å². The second kappa shape index (κ2) is 7.19. The molecule has 2 aromatic heterocycles. The average molecular weight is 355 g/mol. The SMILES string of the molecule is Cc1ccsc1CN(C)C(=O)CCn1cnc2c(C)cccc2c1=O. The molecule has 0 aliphatic rings. The molecular weight excluding hydrogens is 334 g/mol. The van der Waals surface area contributed by atoms with Gasteiger partial charge in [-0.05, 0) is 42.5 Å². The van der Waals surface area contributed by atoms with E-state index in [0.717, 1.165) is 11.1 Å². The fourth-order valence-electron chi connectivity index (χ4n) is 2.77. The molecule has 0 bridgehead atoms. The molecule has 0 radical (unpaired) electrons. The van der Waals surface area contributed by atoms with Crippen LogP contribution in [-0.2, 0) is 17.9 Å². The summed E-state index contributed by atoms with van der Waals surface area (Å²) in [6, 6.07) is 7.62. The Morgan fingerprint density at radius 2 is 2.04 bits per heavy atom. The first-order valence-electron chi connectivity index (χ1n) is 8.19. The van der Waals surface area contributed by atoms with Crippen LogP contribution < -0.4 is 5.56 Å². The van der Waals surface area contributed by atoms with E-state index < -0.39 is 0 Å². The van der Waals surface area contributed by atoms with Crippen LogP contribution in [0.3, 0.4) is 0 Å². The molecule has 0 unspecified atom stereocenters. The van der Waals surface area contributed by atoms with Gasteiger partial charge in [-0.1, -0.05) is 12.1 Å². The summed E-state index contributed by atoms with van der Waals surface area (Å²) in [5.74, 6) is 0.0176. The standard InChI is InChI=1S/C19H21N3O2S/c1-13-8-10-25-16(13)11-21(3)17(23)7-9-22-12-20-18-14(2)5-4-6-15(18)19(22)24/h4-6,8,10,12H,7,9,11H2,1-3H3. The van der Waals surface area contributed by atoms with Gasteiger partial charge in [-0.25, -0.2) is 4.98 Å². The van der Waals surface area contributed by atoms with Crippen molar-refractivity contribution in [2.75, 3.05) is 7.05 Å². The Morgan fingerprint density at radius 1 is 1.24 bits per heavy atom. The van der Waals surface area contributed by atoms with Crippen molar-refractivity contribution in [2.45, 2.75) is 33.4 Å². The number of carbonyl (C=O) groups excluding carboxylic acids is 1. The zero-order chi connectivity index (χ0) is 18.0. The number of nitrogens with zero attached hydrogens (tertiary/aromatic N) is 3. The van der Waals surface area contributed by atoms with E-state index in [9.17, 15) is 9.59 Å². The van der Waals surface area contributed by atoms with E-state index in [0.29, 0.717) is 18.5 Å². The van der Waals surface area contributed by atoms with Crippen LogP contribution in [0.1, 0.15) is 22.4 Å². The highest BCUT2D eigenvalue weighted by Crippen LogP contribution is 2.17. The minimum atomic E-state index is -0.0988. The van der Waals surface area contributed by atoms with E-state index >= 15 is 0 Å². The third-order valence-corrected chi connectivity index (χ3v) is 5.40. The highest BCUT2D eigenvalue weighted by atomic mass is 32.1. The number of thiophene rings is 1. The normalized spacial score (nSPS) is 11.0. The van der Waals surface area contributed by atoms with Crippen molar-refractivity contribution >= 4 is 28.1 Å². The lowest BCUT2D eigenvalue weighted by Crippen LogP contribution is -2.29. The molecule has 0 aliphatic heterocycles. The minimum absolute atomic E-state index is 0.0176. The maximum Gasteiger partial charge on any atom is 0.261 e. The zero-order valence-corrected chi connectivity index (χ0v) is 15.5. The summed E-state index contributed by atoms with van der Waals surface area (Å²) in [4.78, 5) is 32.2. The highest BCUT2D eigenvalue weighted by molar-refractivity contribution is 7.10. The van der Waals surface area contributed by atoms with Crippen LogP contribution in [0.4, 0.5) is 0 Å². The number of benzene rings is 1. The molecule has 130 valence electrons. The Balaban J connectivity index is 1.70. The van der Waals surface area contributed by atoms with Gasteiger partial charge in [-0.15, -0.1) is 11.3 Å². The fraction of sp³-hybridized carbons (Fsp3) is 0.316. The predicted molar refractivity (Wildman–Crippen MR) is 101 cm³/mol. The van der Waals surface area contributed by atoms with Crippen molar-refractivity contribution in [1.29, 1.82) is 0 Å². The number of amides is 1. The molecule has 3 aromatic rings. The van der Waals surface area contributed by atoms with E-state index in [4.69, 9.17) is 0 Å². The summed E-state index contributed by atoms with van der Waals surface area (Å²) in [7, 11) is 1.80. The fourth-order valence-corrected chi connectivity index (χ4v) is 3.73. The molecule has 2 heterocycles. The molecule has 25 heavy (non-hydrogen) atoms. The lowest BCUT2D eigenvalue weighted by atomic mass is 10.1. The molecule has 0 spiro atoms. The number of fused-ring (bicyclic) bond motifs is 1. The van der Waals surface area contributed by atoms with Crippen molar-refractivity contribution in [3.05, 3.63) is 62.3 Å². The Bertz CT molecular complexity index is 974. The van der Waals surface area contributed by atoms with Gasteiger partial charge in [0.1, 0.15) is 0 Å². The van der Waals surface area contributed by atoms with Gasteiger partial charge in [0.05, 0.1) is 23.8 Å². The Hall–Kier alpha value is -2.47. The average Bonchev–Trinajstić information content (AvgIpc) is 2.99. The highest BCUT2D eigenvalue weighted by Gasteiger charge is 2.13. The van der Waals surface area contributed by atoms with Crippen LogP contribution in [-0.4, -0.2) is 27.4 Å². The molecule has 0 atom stereocenters. The monoisotopic (exact) mass is 355 g/mol. The number of carbonyl (C=O) groups is 1. The Kier molecular flexibility index (Phi) is 4.99. The van der Waals surface area contributed by atoms with E-state index in [1.165, 1.54) is 21.3 Å². The lowest BCUT2D eigenvalue weighted by Gasteiger charge is -2.17. The number of para-hydroxylation sites is 1. The molecule has 0 aliphatic carbocycles. The molecule has 6 heteroatoms. The van der Waals surface area contributed by atoms with Crippen molar-refractivity contribution in [1.82, 2.24) is 14.5 Å². The van der Waals surface area contributed by atoms with Gasteiger partial charge in [0.25, 0.3) is 5.56 Å². The summed E-state index contributed by atoms with van der Waals surface area (Å²) < 4.78 is 1.52. The minimum Gasteiger partial charge on any atom is -0.341 e. The first-order valence-corrected chi connectivity index (χ1v) is 9.07. The molecular formula is C19H21N3O2S. The third kappa shape index (κ3) is 3.64. The van der Waals surface area contributed by atoms with Gasteiger partial charge in [-0.3, -0.25) is 14.2 Å². The third-order valence-electron chi connectivity index (χ3n) is 4.40. The van der Waals surface area contributed by atoms with Crippen LogP contribution in [0.2, 0.25) is 0 Å². The Morgan fingerprint density at radius 3 is 2.76 bits per heavy atom. The van der Waals surface area contributed by atoms with Gasteiger partial charge >= 0.3 is 0 Å². The Labute approximate surface area is 150 Å². The van der Waals surface area contributed by atoms with Gasteiger partial charge in [-0.2, -0.15) is 0 Å². The van der Waals surface area contributed by atoms with Gasteiger partial charge in [0, 0.05) is 24.9 Å². The van der Waals surface area contributed by atoms with Crippen LogP contribution in [0.25, 0.3) is 10.9 Å². The number of aromatic nitrogens is 2. The van der Waals surface area contributed by atoms with Gasteiger partial charge in [0.2, 0.25) is 5.91 Å². The summed E-state index contributed by atoms with van der Waals surface area (Å²) >= 11 is 1.66. The van der Waals surface area contributed by atoms with E-state index in [1.54, 1.807) is 29.4 Å². The summed E-state index contributed by atoms with van der Waals surface area (Å²) in [6.45, 7) is 4.92. The van der Waals surface area contributed by atoms with E-state index in [-0.39, 0.29) is 17.9 Å². The van der Waals surface area contributed by atoms with Crippen molar-refractivity contribution in [2.24, 2.45) is 0 Å². The molecule has 3 rings (SSSR count). The molecule has 0 fully saturated rings. The zero-order valence-electron chi connectivity index (χ0n) is 14.7. The smallest absolute Gasteiger partial charge is 0.261 e. The first-order chi connectivity index (χ1) is 12.0. The maximum absolute atomic E-state index is 12.6.